The van der Waals surface area contributed by atoms with Gasteiger partial charge in [-0.15, -0.1) is 0 Å². The molecule has 144 valence electrons. The molecule has 1 fully saturated rings. The van der Waals surface area contributed by atoms with Crippen LogP contribution >= 0.6 is 0 Å². The SMILES string of the molecule is COc1cc(/C=C2/NC(=O)N(C)C2=O)ccc1OCc1ccc([N+](=O)[O-])cc1. The van der Waals surface area contributed by atoms with Crippen LogP contribution in [0.25, 0.3) is 6.08 Å². The molecule has 3 amide bonds. The van der Waals surface area contributed by atoms with E-state index in [0.29, 0.717) is 17.1 Å². The molecule has 2 aromatic rings. The van der Waals surface area contributed by atoms with Crippen LogP contribution in [0.5, 0.6) is 11.5 Å². The summed E-state index contributed by atoms with van der Waals surface area (Å²) in [7, 11) is 2.88. The number of non-ortho nitro benzene ring substituents is 1. The molecule has 1 aliphatic rings. The van der Waals surface area contributed by atoms with E-state index in [9.17, 15) is 19.7 Å². The van der Waals surface area contributed by atoms with Gasteiger partial charge in [-0.25, -0.2) is 4.79 Å². The molecule has 0 saturated carbocycles. The summed E-state index contributed by atoms with van der Waals surface area (Å²) in [6.07, 6.45) is 1.55. The molecule has 28 heavy (non-hydrogen) atoms. The van der Waals surface area contributed by atoms with E-state index in [1.807, 2.05) is 0 Å². The quantitative estimate of drug-likeness (QED) is 0.355. The summed E-state index contributed by atoms with van der Waals surface area (Å²) in [6.45, 7) is 0.203. The predicted molar refractivity (Wildman–Crippen MR) is 99.7 cm³/mol. The van der Waals surface area contributed by atoms with E-state index in [1.165, 1.54) is 26.3 Å². The molecule has 1 saturated heterocycles. The van der Waals surface area contributed by atoms with Gasteiger partial charge in [-0.1, -0.05) is 6.07 Å². The molecule has 0 spiro atoms. The molecule has 9 heteroatoms. The van der Waals surface area contributed by atoms with Crippen molar-refractivity contribution in [2.45, 2.75) is 6.61 Å². The summed E-state index contributed by atoms with van der Waals surface area (Å²) >= 11 is 0. The summed E-state index contributed by atoms with van der Waals surface area (Å²) in [4.78, 5) is 34.7. The number of nitrogens with one attached hydrogen (secondary N) is 1. The zero-order valence-electron chi connectivity index (χ0n) is 15.2. The van der Waals surface area contributed by atoms with Crippen molar-refractivity contribution in [3.05, 3.63) is 69.4 Å². The van der Waals surface area contributed by atoms with Gasteiger partial charge in [-0.2, -0.15) is 0 Å². The Morgan fingerprint density at radius 1 is 1.14 bits per heavy atom. The van der Waals surface area contributed by atoms with Crippen molar-refractivity contribution in [2.75, 3.05) is 14.2 Å². The van der Waals surface area contributed by atoms with Gasteiger partial charge in [0.2, 0.25) is 0 Å². The molecule has 9 nitrogen and oxygen atoms in total. The maximum absolute atomic E-state index is 11.9. The first-order chi connectivity index (χ1) is 13.4. The number of ether oxygens (including phenoxy) is 2. The second-order valence-electron chi connectivity index (χ2n) is 5.97. The average molecular weight is 383 g/mol. The number of urea groups is 1. The number of carbonyl (C=O) groups excluding carboxylic acids is 2. The molecular weight excluding hydrogens is 366 g/mol. The molecule has 0 atom stereocenters. The maximum Gasteiger partial charge on any atom is 0.328 e. The van der Waals surface area contributed by atoms with Gasteiger partial charge in [0, 0.05) is 19.2 Å². The lowest BCUT2D eigenvalue weighted by Gasteiger charge is -2.11. The van der Waals surface area contributed by atoms with Gasteiger partial charge in [0.15, 0.2) is 11.5 Å². The number of nitro benzene ring substituents is 1. The first kappa shape index (κ1) is 18.9. The van der Waals surface area contributed by atoms with Gasteiger partial charge in [0.1, 0.15) is 12.3 Å². The van der Waals surface area contributed by atoms with E-state index in [1.54, 1.807) is 36.4 Å². The van der Waals surface area contributed by atoms with Gasteiger partial charge in [0.25, 0.3) is 11.6 Å². The highest BCUT2D eigenvalue weighted by molar-refractivity contribution is 6.13. The Kier molecular flexibility index (Phi) is 5.25. The molecule has 0 bridgehead atoms. The Labute approximate surface area is 160 Å². The summed E-state index contributed by atoms with van der Waals surface area (Å²) in [6, 6.07) is 10.7. The third-order valence-corrected chi connectivity index (χ3v) is 4.12. The fourth-order valence-corrected chi connectivity index (χ4v) is 2.56. The fourth-order valence-electron chi connectivity index (χ4n) is 2.56. The van der Waals surface area contributed by atoms with Crippen LogP contribution in [0.15, 0.2) is 48.2 Å². The predicted octanol–water partition coefficient (Wildman–Crippen LogP) is 2.70. The van der Waals surface area contributed by atoms with E-state index < -0.39 is 16.9 Å². The number of rotatable bonds is 6. The first-order valence-corrected chi connectivity index (χ1v) is 8.24. The summed E-state index contributed by atoms with van der Waals surface area (Å²) in [5.41, 5.74) is 1.60. The zero-order valence-corrected chi connectivity index (χ0v) is 15.2. The van der Waals surface area contributed by atoms with Crippen LogP contribution in [-0.2, 0) is 11.4 Å². The largest absolute Gasteiger partial charge is 0.493 e. The lowest BCUT2D eigenvalue weighted by atomic mass is 10.1. The minimum absolute atomic E-state index is 0.0120. The number of amides is 3. The van der Waals surface area contributed by atoms with Gasteiger partial charge in [-0.05, 0) is 41.5 Å². The molecular formula is C19H17N3O6. The monoisotopic (exact) mass is 383 g/mol. The topological polar surface area (TPSA) is 111 Å². The fraction of sp³-hybridized carbons (Fsp3) is 0.158. The highest BCUT2D eigenvalue weighted by Crippen LogP contribution is 2.30. The summed E-state index contributed by atoms with van der Waals surface area (Å²) in [5.74, 6) is 0.505. The van der Waals surface area contributed by atoms with E-state index >= 15 is 0 Å². The van der Waals surface area contributed by atoms with Crippen molar-refractivity contribution >= 4 is 23.7 Å². The number of benzene rings is 2. The van der Waals surface area contributed by atoms with Crippen molar-refractivity contribution in [3.8, 4) is 11.5 Å². The van der Waals surface area contributed by atoms with Gasteiger partial charge in [0.05, 0.1) is 12.0 Å². The number of imide groups is 1. The molecule has 1 heterocycles. The highest BCUT2D eigenvalue weighted by Gasteiger charge is 2.29. The van der Waals surface area contributed by atoms with Crippen molar-refractivity contribution in [1.82, 2.24) is 10.2 Å². The number of nitrogens with zero attached hydrogens (tertiary/aromatic N) is 2. The lowest BCUT2D eigenvalue weighted by molar-refractivity contribution is -0.384. The van der Waals surface area contributed by atoms with Gasteiger partial charge >= 0.3 is 6.03 Å². The minimum Gasteiger partial charge on any atom is -0.493 e. The number of hydrogen-bond donors (Lipinski definition) is 1. The van der Waals surface area contributed by atoms with Gasteiger partial charge in [-0.3, -0.25) is 19.8 Å². The second kappa shape index (κ2) is 7.78. The summed E-state index contributed by atoms with van der Waals surface area (Å²) < 4.78 is 11.1. The van der Waals surface area contributed by atoms with Crippen LogP contribution < -0.4 is 14.8 Å². The Balaban J connectivity index is 1.74. The van der Waals surface area contributed by atoms with Crippen LogP contribution in [0, 0.1) is 10.1 Å². The number of likely N-dealkylation sites (N-methyl/N-ethyl adjacent to an activating group) is 1. The van der Waals surface area contributed by atoms with Crippen LogP contribution in [0.1, 0.15) is 11.1 Å². The molecule has 1 N–H and O–H groups in total. The molecule has 0 radical (unpaired) electrons. The molecule has 0 aromatic heterocycles. The van der Waals surface area contributed by atoms with Crippen LogP contribution in [0.3, 0.4) is 0 Å². The van der Waals surface area contributed by atoms with E-state index in [-0.39, 0.29) is 18.0 Å². The average Bonchev–Trinajstić information content (AvgIpc) is 2.93. The standard InChI is InChI=1S/C19H17N3O6/c1-21-18(23)15(20-19(21)24)9-13-5-8-16(17(10-13)27-2)28-11-12-3-6-14(7-4-12)22(25)26/h3-10H,11H2,1-2H3,(H,20,24)/b15-9+. The third-order valence-electron chi connectivity index (χ3n) is 4.12. The third kappa shape index (κ3) is 3.93. The van der Waals surface area contributed by atoms with Crippen molar-refractivity contribution in [2.24, 2.45) is 0 Å². The first-order valence-electron chi connectivity index (χ1n) is 8.24. The van der Waals surface area contributed by atoms with Crippen molar-refractivity contribution < 1.29 is 24.0 Å². The van der Waals surface area contributed by atoms with Crippen LogP contribution in [0.4, 0.5) is 10.5 Å². The number of hydrogen-bond acceptors (Lipinski definition) is 6. The Hall–Kier alpha value is -3.88. The second-order valence-corrected chi connectivity index (χ2v) is 5.97. The Morgan fingerprint density at radius 2 is 1.86 bits per heavy atom. The summed E-state index contributed by atoms with van der Waals surface area (Å²) in [5, 5.41) is 13.2. The zero-order chi connectivity index (χ0) is 20.3. The normalized spacial score (nSPS) is 14.9. The van der Waals surface area contributed by atoms with E-state index in [2.05, 4.69) is 5.32 Å². The molecule has 1 aliphatic heterocycles. The number of methoxy groups -OCH3 is 1. The number of nitro groups is 1. The molecule has 3 rings (SSSR count). The van der Waals surface area contributed by atoms with Crippen LogP contribution in [-0.4, -0.2) is 35.9 Å². The highest BCUT2D eigenvalue weighted by atomic mass is 16.6. The molecule has 2 aromatic carbocycles. The Bertz CT molecular complexity index is 968. The smallest absolute Gasteiger partial charge is 0.328 e. The Morgan fingerprint density at radius 3 is 2.43 bits per heavy atom. The van der Waals surface area contributed by atoms with Crippen molar-refractivity contribution in [3.63, 3.8) is 0 Å². The van der Waals surface area contributed by atoms with Crippen molar-refractivity contribution in [1.29, 1.82) is 0 Å². The van der Waals surface area contributed by atoms with E-state index in [0.717, 1.165) is 10.5 Å². The van der Waals surface area contributed by atoms with Gasteiger partial charge < -0.3 is 14.8 Å². The maximum atomic E-state index is 11.9. The minimum atomic E-state index is -0.480. The molecule has 0 unspecified atom stereocenters. The molecule has 0 aliphatic carbocycles. The van der Waals surface area contributed by atoms with Crippen LogP contribution in [0.2, 0.25) is 0 Å². The lowest BCUT2D eigenvalue weighted by Crippen LogP contribution is -2.25. The number of carbonyl (C=O) groups is 2. The van der Waals surface area contributed by atoms with E-state index in [4.69, 9.17) is 9.47 Å².